The van der Waals surface area contributed by atoms with E-state index < -0.39 is 11.5 Å². The molecule has 2 heterocycles. The molecule has 1 unspecified atom stereocenters. The fourth-order valence-electron chi connectivity index (χ4n) is 2.05. The lowest BCUT2D eigenvalue weighted by Gasteiger charge is -2.30. The molecule has 17 heavy (non-hydrogen) atoms. The standard InChI is InChI=1S/C11H12N4O2/c1-11(9(16)17)4-2-6-15(11)10-13-5-3-8(7-12)14-10/h3,5H,2,4,6H2,1H3,(H,16,17). The van der Waals surface area contributed by atoms with Gasteiger partial charge in [-0.2, -0.15) is 5.26 Å². The van der Waals surface area contributed by atoms with E-state index in [0.717, 1.165) is 6.42 Å². The minimum absolute atomic E-state index is 0.245. The highest BCUT2D eigenvalue weighted by atomic mass is 16.4. The average molecular weight is 232 g/mol. The van der Waals surface area contributed by atoms with Gasteiger partial charge in [-0.05, 0) is 25.8 Å². The van der Waals surface area contributed by atoms with Crippen molar-refractivity contribution in [2.75, 3.05) is 11.4 Å². The summed E-state index contributed by atoms with van der Waals surface area (Å²) < 4.78 is 0. The molecule has 1 atom stereocenters. The summed E-state index contributed by atoms with van der Waals surface area (Å²) in [6.07, 6.45) is 2.81. The third-order valence-electron chi connectivity index (χ3n) is 3.10. The maximum absolute atomic E-state index is 11.3. The normalized spacial score (nSPS) is 23.4. The lowest BCUT2D eigenvalue weighted by atomic mass is 10.00. The Morgan fingerprint density at radius 1 is 1.71 bits per heavy atom. The molecule has 0 aromatic carbocycles. The van der Waals surface area contributed by atoms with E-state index >= 15 is 0 Å². The number of carbonyl (C=O) groups is 1. The Morgan fingerprint density at radius 2 is 2.47 bits per heavy atom. The van der Waals surface area contributed by atoms with Crippen LogP contribution in [-0.4, -0.2) is 33.1 Å². The summed E-state index contributed by atoms with van der Waals surface area (Å²) >= 11 is 0. The van der Waals surface area contributed by atoms with Crippen molar-refractivity contribution in [3.8, 4) is 6.07 Å². The van der Waals surface area contributed by atoms with Gasteiger partial charge in [0.15, 0.2) is 0 Å². The van der Waals surface area contributed by atoms with Crippen LogP contribution in [0.5, 0.6) is 0 Å². The van der Waals surface area contributed by atoms with Crippen molar-refractivity contribution < 1.29 is 9.90 Å². The van der Waals surface area contributed by atoms with Gasteiger partial charge in [-0.15, -0.1) is 0 Å². The molecule has 0 aliphatic carbocycles. The molecule has 1 N–H and O–H groups in total. The van der Waals surface area contributed by atoms with Gasteiger partial charge < -0.3 is 10.0 Å². The number of carboxylic acids is 1. The fourth-order valence-corrected chi connectivity index (χ4v) is 2.05. The van der Waals surface area contributed by atoms with Gasteiger partial charge in [0.25, 0.3) is 0 Å². The predicted molar refractivity (Wildman–Crippen MR) is 59.4 cm³/mol. The molecule has 1 fully saturated rings. The molecule has 0 saturated carbocycles. The molecule has 6 heteroatoms. The number of nitrogens with zero attached hydrogens (tertiary/aromatic N) is 4. The van der Waals surface area contributed by atoms with Crippen LogP contribution in [0.2, 0.25) is 0 Å². The van der Waals surface area contributed by atoms with Crippen molar-refractivity contribution in [2.24, 2.45) is 0 Å². The lowest BCUT2D eigenvalue weighted by molar-refractivity contribution is -0.142. The van der Waals surface area contributed by atoms with Crippen LogP contribution < -0.4 is 4.90 Å². The van der Waals surface area contributed by atoms with Gasteiger partial charge in [0, 0.05) is 12.7 Å². The van der Waals surface area contributed by atoms with E-state index in [1.807, 2.05) is 6.07 Å². The van der Waals surface area contributed by atoms with Crippen LogP contribution in [0.4, 0.5) is 5.95 Å². The average Bonchev–Trinajstić information content (AvgIpc) is 2.73. The maximum atomic E-state index is 11.3. The van der Waals surface area contributed by atoms with Crippen molar-refractivity contribution >= 4 is 11.9 Å². The lowest BCUT2D eigenvalue weighted by Crippen LogP contribution is -2.48. The number of hydrogen-bond acceptors (Lipinski definition) is 5. The van der Waals surface area contributed by atoms with E-state index in [0.29, 0.717) is 18.9 Å². The van der Waals surface area contributed by atoms with E-state index in [1.54, 1.807) is 11.8 Å². The van der Waals surface area contributed by atoms with Crippen LogP contribution in [0.15, 0.2) is 12.3 Å². The van der Waals surface area contributed by atoms with Crippen LogP contribution in [0.3, 0.4) is 0 Å². The van der Waals surface area contributed by atoms with E-state index in [9.17, 15) is 9.90 Å². The Balaban J connectivity index is 2.39. The first kappa shape index (κ1) is 11.3. The van der Waals surface area contributed by atoms with Crippen molar-refractivity contribution in [3.63, 3.8) is 0 Å². The minimum atomic E-state index is -0.978. The Labute approximate surface area is 98.5 Å². The first-order valence-corrected chi connectivity index (χ1v) is 5.32. The second-order valence-corrected chi connectivity index (χ2v) is 4.19. The molecule has 0 spiro atoms. The monoisotopic (exact) mass is 232 g/mol. The Kier molecular flexibility index (Phi) is 2.68. The number of rotatable bonds is 2. The van der Waals surface area contributed by atoms with Crippen molar-refractivity contribution in [3.05, 3.63) is 18.0 Å². The summed E-state index contributed by atoms with van der Waals surface area (Å²) in [5, 5.41) is 18.0. The van der Waals surface area contributed by atoms with Gasteiger partial charge in [0.05, 0.1) is 0 Å². The highest BCUT2D eigenvalue weighted by Crippen LogP contribution is 2.32. The topological polar surface area (TPSA) is 90.1 Å². The molecule has 88 valence electrons. The molecule has 1 aromatic rings. The smallest absolute Gasteiger partial charge is 0.329 e. The first-order valence-electron chi connectivity index (χ1n) is 5.32. The number of hydrogen-bond donors (Lipinski definition) is 1. The number of nitriles is 1. The Hall–Kier alpha value is -2.16. The van der Waals surface area contributed by atoms with Crippen molar-refractivity contribution in [1.29, 1.82) is 5.26 Å². The number of aliphatic carboxylic acids is 1. The maximum Gasteiger partial charge on any atom is 0.329 e. The third-order valence-corrected chi connectivity index (χ3v) is 3.10. The van der Waals surface area contributed by atoms with Crippen LogP contribution >= 0.6 is 0 Å². The molecule has 1 aromatic heterocycles. The number of aromatic nitrogens is 2. The number of anilines is 1. The second kappa shape index (κ2) is 4.01. The summed E-state index contributed by atoms with van der Waals surface area (Å²) in [6.45, 7) is 2.25. The summed E-state index contributed by atoms with van der Waals surface area (Å²) in [5.74, 6) is -0.576. The summed E-state index contributed by atoms with van der Waals surface area (Å²) in [5.41, 5.74) is -0.733. The molecule has 1 saturated heterocycles. The van der Waals surface area contributed by atoms with E-state index in [-0.39, 0.29) is 5.69 Å². The Bertz CT molecular complexity index is 496. The molecule has 1 aliphatic heterocycles. The summed E-state index contributed by atoms with van der Waals surface area (Å²) in [7, 11) is 0. The molecular weight excluding hydrogens is 220 g/mol. The molecular formula is C11H12N4O2. The SMILES string of the molecule is CC1(C(=O)O)CCCN1c1nccc(C#N)n1. The van der Waals surface area contributed by atoms with E-state index in [4.69, 9.17) is 5.26 Å². The van der Waals surface area contributed by atoms with Gasteiger partial charge in [0.1, 0.15) is 17.3 Å². The molecule has 6 nitrogen and oxygen atoms in total. The largest absolute Gasteiger partial charge is 0.480 e. The van der Waals surface area contributed by atoms with E-state index in [1.165, 1.54) is 12.3 Å². The second-order valence-electron chi connectivity index (χ2n) is 4.19. The first-order chi connectivity index (χ1) is 8.08. The van der Waals surface area contributed by atoms with Gasteiger partial charge in [-0.3, -0.25) is 0 Å². The van der Waals surface area contributed by atoms with Crippen LogP contribution in [0, 0.1) is 11.3 Å². The van der Waals surface area contributed by atoms with Crippen molar-refractivity contribution in [1.82, 2.24) is 9.97 Å². The molecule has 0 radical (unpaired) electrons. The van der Waals surface area contributed by atoms with E-state index in [2.05, 4.69) is 9.97 Å². The molecule has 0 amide bonds. The van der Waals surface area contributed by atoms with Crippen LogP contribution in [0.1, 0.15) is 25.5 Å². The molecule has 1 aliphatic rings. The summed E-state index contributed by atoms with van der Waals surface area (Å²) in [4.78, 5) is 21.0. The van der Waals surface area contributed by atoms with Gasteiger partial charge in [-0.1, -0.05) is 0 Å². The molecule has 0 bridgehead atoms. The van der Waals surface area contributed by atoms with Gasteiger partial charge in [-0.25, -0.2) is 14.8 Å². The predicted octanol–water partition coefficient (Wildman–Crippen LogP) is 0.792. The third kappa shape index (κ3) is 1.80. The van der Waals surface area contributed by atoms with Gasteiger partial charge >= 0.3 is 5.97 Å². The summed E-state index contributed by atoms with van der Waals surface area (Å²) in [6, 6.07) is 3.42. The zero-order valence-electron chi connectivity index (χ0n) is 9.42. The van der Waals surface area contributed by atoms with Crippen molar-refractivity contribution in [2.45, 2.75) is 25.3 Å². The zero-order chi connectivity index (χ0) is 12.5. The zero-order valence-corrected chi connectivity index (χ0v) is 9.42. The Morgan fingerprint density at radius 3 is 3.12 bits per heavy atom. The highest BCUT2D eigenvalue weighted by Gasteiger charge is 2.44. The fraction of sp³-hybridized carbons (Fsp3) is 0.455. The quantitative estimate of drug-likeness (QED) is 0.810. The molecule has 2 rings (SSSR count). The minimum Gasteiger partial charge on any atom is -0.480 e. The van der Waals surface area contributed by atoms with Crippen LogP contribution in [-0.2, 0) is 4.79 Å². The highest BCUT2D eigenvalue weighted by molar-refractivity contribution is 5.83. The van der Waals surface area contributed by atoms with Crippen LogP contribution in [0.25, 0.3) is 0 Å². The van der Waals surface area contributed by atoms with Gasteiger partial charge in [0.2, 0.25) is 5.95 Å². The number of carboxylic acid groups (broad SMARTS) is 1.